The summed E-state index contributed by atoms with van der Waals surface area (Å²) >= 11 is 0. The van der Waals surface area contributed by atoms with Crippen molar-refractivity contribution in [3.8, 4) is 17.2 Å². The third kappa shape index (κ3) is 2.39. The zero-order valence-corrected chi connectivity index (χ0v) is 11.8. The van der Waals surface area contributed by atoms with Crippen LogP contribution in [0.2, 0.25) is 0 Å². The summed E-state index contributed by atoms with van der Waals surface area (Å²) in [5.74, 6) is 3.09. The molecule has 0 aliphatic carbocycles. The molecule has 0 radical (unpaired) electrons. The van der Waals surface area contributed by atoms with Gasteiger partial charge in [-0.25, -0.2) is 0 Å². The first-order valence-electron chi connectivity index (χ1n) is 6.99. The SMILES string of the molecule is Nc1ccc2c(c1)OCC(=NCc1ccc3c(c1)OCO3)N2. The monoisotopic (exact) mass is 297 g/mol. The number of anilines is 2. The number of nitrogens with zero attached hydrogens (tertiary/aromatic N) is 1. The average Bonchev–Trinajstić information content (AvgIpc) is 3.00. The van der Waals surface area contributed by atoms with Crippen LogP contribution in [0.1, 0.15) is 5.56 Å². The minimum atomic E-state index is 0.280. The van der Waals surface area contributed by atoms with E-state index in [4.69, 9.17) is 19.9 Å². The molecule has 2 aliphatic heterocycles. The molecule has 2 heterocycles. The van der Waals surface area contributed by atoms with E-state index in [1.807, 2.05) is 30.3 Å². The number of amidine groups is 1. The average molecular weight is 297 g/mol. The van der Waals surface area contributed by atoms with Crippen molar-refractivity contribution in [1.29, 1.82) is 0 Å². The molecule has 112 valence electrons. The quantitative estimate of drug-likeness (QED) is 0.832. The van der Waals surface area contributed by atoms with Crippen LogP contribution in [0, 0.1) is 0 Å². The highest BCUT2D eigenvalue weighted by Crippen LogP contribution is 2.33. The molecule has 6 heteroatoms. The second-order valence-corrected chi connectivity index (χ2v) is 5.12. The smallest absolute Gasteiger partial charge is 0.231 e. The van der Waals surface area contributed by atoms with Crippen molar-refractivity contribution >= 4 is 17.2 Å². The fourth-order valence-corrected chi connectivity index (χ4v) is 2.41. The summed E-state index contributed by atoms with van der Waals surface area (Å²) in [4.78, 5) is 4.55. The van der Waals surface area contributed by atoms with Crippen LogP contribution in [-0.2, 0) is 6.54 Å². The number of rotatable bonds is 2. The van der Waals surface area contributed by atoms with E-state index in [1.165, 1.54) is 0 Å². The number of hydrogen-bond acceptors (Lipinski definition) is 5. The van der Waals surface area contributed by atoms with Gasteiger partial charge in [0.05, 0.1) is 12.2 Å². The van der Waals surface area contributed by atoms with Crippen molar-refractivity contribution in [3.63, 3.8) is 0 Å². The van der Waals surface area contributed by atoms with Gasteiger partial charge in [-0.2, -0.15) is 0 Å². The third-order valence-corrected chi connectivity index (χ3v) is 3.54. The van der Waals surface area contributed by atoms with Crippen LogP contribution in [0.25, 0.3) is 0 Å². The highest BCUT2D eigenvalue weighted by atomic mass is 16.7. The normalized spacial score (nSPS) is 16.8. The largest absolute Gasteiger partial charge is 0.483 e. The van der Waals surface area contributed by atoms with Crippen LogP contribution in [0.5, 0.6) is 17.2 Å². The van der Waals surface area contributed by atoms with E-state index >= 15 is 0 Å². The highest BCUT2D eigenvalue weighted by Gasteiger charge is 2.15. The molecule has 0 bridgehead atoms. The summed E-state index contributed by atoms with van der Waals surface area (Å²) < 4.78 is 16.3. The predicted molar refractivity (Wildman–Crippen MR) is 83.7 cm³/mol. The van der Waals surface area contributed by atoms with Crippen LogP contribution in [0.4, 0.5) is 11.4 Å². The van der Waals surface area contributed by atoms with Crippen molar-refractivity contribution in [3.05, 3.63) is 42.0 Å². The molecule has 22 heavy (non-hydrogen) atoms. The lowest BCUT2D eigenvalue weighted by Crippen LogP contribution is -2.26. The molecule has 6 nitrogen and oxygen atoms in total. The Labute approximate surface area is 127 Å². The number of nitrogens with two attached hydrogens (primary N) is 1. The summed E-state index contributed by atoms with van der Waals surface area (Å²) in [5.41, 5.74) is 8.35. The molecule has 0 spiro atoms. The van der Waals surface area contributed by atoms with Gasteiger partial charge in [0.15, 0.2) is 11.5 Å². The fraction of sp³-hybridized carbons (Fsp3) is 0.188. The lowest BCUT2D eigenvalue weighted by atomic mass is 10.2. The van der Waals surface area contributed by atoms with Crippen LogP contribution in [-0.4, -0.2) is 19.2 Å². The first-order valence-corrected chi connectivity index (χ1v) is 6.99. The maximum Gasteiger partial charge on any atom is 0.231 e. The molecule has 2 aliphatic rings. The molecular weight excluding hydrogens is 282 g/mol. The summed E-state index contributed by atoms with van der Waals surface area (Å²) in [7, 11) is 0. The molecule has 2 aromatic carbocycles. The number of ether oxygens (including phenoxy) is 3. The molecule has 0 atom stereocenters. The summed E-state index contributed by atoms with van der Waals surface area (Å²) in [6.07, 6.45) is 0. The topological polar surface area (TPSA) is 78.1 Å². The van der Waals surface area contributed by atoms with Gasteiger partial charge in [0, 0.05) is 11.8 Å². The molecule has 2 aromatic rings. The van der Waals surface area contributed by atoms with Crippen molar-refractivity contribution in [2.24, 2.45) is 4.99 Å². The summed E-state index contributed by atoms with van der Waals surface area (Å²) in [6.45, 7) is 1.23. The van der Waals surface area contributed by atoms with Crippen LogP contribution in [0.3, 0.4) is 0 Å². The Morgan fingerprint density at radius 2 is 1.91 bits per heavy atom. The van der Waals surface area contributed by atoms with E-state index in [2.05, 4.69) is 10.3 Å². The van der Waals surface area contributed by atoms with Crippen molar-refractivity contribution in [2.75, 3.05) is 24.5 Å². The Hall–Kier alpha value is -2.89. The van der Waals surface area contributed by atoms with Gasteiger partial charge in [0.2, 0.25) is 6.79 Å². The fourth-order valence-electron chi connectivity index (χ4n) is 2.41. The first-order chi connectivity index (χ1) is 10.8. The standard InChI is InChI=1S/C16H15N3O3/c17-11-2-3-12-14(6-11)20-8-16(19-12)18-7-10-1-4-13-15(5-10)22-9-21-13/h1-6H,7-9,17H2,(H,18,19). The Balaban J connectivity index is 1.49. The minimum Gasteiger partial charge on any atom is -0.483 e. The van der Waals surface area contributed by atoms with E-state index in [0.717, 1.165) is 34.3 Å². The molecule has 0 saturated heterocycles. The zero-order chi connectivity index (χ0) is 14.9. The Bertz CT molecular complexity index is 758. The van der Waals surface area contributed by atoms with E-state index in [0.29, 0.717) is 18.8 Å². The molecule has 3 N–H and O–H groups in total. The molecule has 0 unspecified atom stereocenters. The summed E-state index contributed by atoms with van der Waals surface area (Å²) in [5, 5.41) is 3.26. The molecule has 0 aromatic heterocycles. The Kier molecular flexibility index (Phi) is 3.00. The number of nitrogens with one attached hydrogen (secondary N) is 1. The number of aliphatic imine (C=N–C) groups is 1. The lowest BCUT2D eigenvalue weighted by molar-refractivity contribution is 0.174. The maximum absolute atomic E-state index is 5.74. The summed E-state index contributed by atoms with van der Waals surface area (Å²) in [6, 6.07) is 11.4. The van der Waals surface area contributed by atoms with E-state index in [-0.39, 0.29) is 6.79 Å². The Morgan fingerprint density at radius 3 is 2.86 bits per heavy atom. The first kappa shape index (κ1) is 12.8. The lowest BCUT2D eigenvalue weighted by Gasteiger charge is -2.21. The van der Waals surface area contributed by atoms with Crippen molar-refractivity contribution in [2.45, 2.75) is 6.54 Å². The number of benzene rings is 2. The maximum atomic E-state index is 5.74. The van der Waals surface area contributed by atoms with Gasteiger partial charge in [0.25, 0.3) is 0 Å². The second kappa shape index (κ2) is 5.14. The van der Waals surface area contributed by atoms with E-state index in [9.17, 15) is 0 Å². The third-order valence-electron chi connectivity index (χ3n) is 3.54. The van der Waals surface area contributed by atoms with Crippen LogP contribution >= 0.6 is 0 Å². The molecule has 0 fully saturated rings. The van der Waals surface area contributed by atoms with Crippen molar-refractivity contribution in [1.82, 2.24) is 0 Å². The van der Waals surface area contributed by atoms with E-state index in [1.54, 1.807) is 6.07 Å². The molecular formula is C16H15N3O3. The van der Waals surface area contributed by atoms with E-state index < -0.39 is 0 Å². The highest BCUT2D eigenvalue weighted by molar-refractivity contribution is 5.99. The van der Waals surface area contributed by atoms with Gasteiger partial charge in [-0.1, -0.05) is 6.07 Å². The van der Waals surface area contributed by atoms with Gasteiger partial charge in [-0.05, 0) is 29.8 Å². The van der Waals surface area contributed by atoms with Gasteiger partial charge in [-0.3, -0.25) is 4.99 Å². The second-order valence-electron chi connectivity index (χ2n) is 5.12. The van der Waals surface area contributed by atoms with Gasteiger partial charge in [-0.15, -0.1) is 0 Å². The molecule has 0 saturated carbocycles. The van der Waals surface area contributed by atoms with Crippen LogP contribution < -0.4 is 25.3 Å². The van der Waals surface area contributed by atoms with Crippen LogP contribution in [0.15, 0.2) is 41.4 Å². The molecule has 4 rings (SSSR count). The van der Waals surface area contributed by atoms with Gasteiger partial charge >= 0.3 is 0 Å². The van der Waals surface area contributed by atoms with Gasteiger partial charge < -0.3 is 25.3 Å². The number of fused-ring (bicyclic) bond motifs is 2. The molecule has 0 amide bonds. The minimum absolute atomic E-state index is 0.280. The number of hydrogen-bond donors (Lipinski definition) is 2. The Morgan fingerprint density at radius 1 is 1.00 bits per heavy atom. The zero-order valence-electron chi connectivity index (χ0n) is 11.8. The number of nitrogen functional groups attached to an aromatic ring is 1. The van der Waals surface area contributed by atoms with Crippen molar-refractivity contribution < 1.29 is 14.2 Å². The van der Waals surface area contributed by atoms with Gasteiger partial charge in [0.1, 0.15) is 18.2 Å². The predicted octanol–water partition coefficient (Wildman–Crippen LogP) is 2.40.